The van der Waals surface area contributed by atoms with Crippen LogP contribution in [0.2, 0.25) is 0 Å². The number of anilines is 1. The predicted octanol–water partition coefficient (Wildman–Crippen LogP) is 5.39. The summed E-state index contributed by atoms with van der Waals surface area (Å²) in [4.78, 5) is 18.3. The van der Waals surface area contributed by atoms with Gasteiger partial charge in [-0.25, -0.2) is 9.67 Å². The van der Waals surface area contributed by atoms with E-state index in [1.807, 2.05) is 42.5 Å². The maximum Gasteiger partial charge on any atom is 0.295 e. The van der Waals surface area contributed by atoms with Gasteiger partial charge in [-0.15, -0.1) is 5.10 Å². The Labute approximate surface area is 242 Å². The second-order valence-corrected chi connectivity index (χ2v) is 8.95. The van der Waals surface area contributed by atoms with Crippen molar-refractivity contribution in [3.8, 4) is 51.6 Å². The highest BCUT2D eigenvalue weighted by molar-refractivity contribution is 6.02. The van der Waals surface area contributed by atoms with Gasteiger partial charge in [-0.2, -0.15) is 0 Å². The van der Waals surface area contributed by atoms with E-state index in [0.29, 0.717) is 51.6 Å². The topological polar surface area (TPSA) is 115 Å². The fourth-order valence-electron chi connectivity index (χ4n) is 4.71. The van der Waals surface area contributed by atoms with E-state index in [0.717, 1.165) is 16.5 Å². The highest BCUT2D eigenvalue weighted by atomic mass is 16.5. The number of fused-ring (bicyclic) bond motifs is 1. The number of carbonyl (C=O) groups excluding carboxylic acids is 1. The quantitative estimate of drug-likeness (QED) is 0.236. The number of nitrogens with zero attached hydrogens (tertiary/aromatic N) is 3. The van der Waals surface area contributed by atoms with Crippen LogP contribution >= 0.6 is 0 Å². The molecule has 0 saturated heterocycles. The largest absolute Gasteiger partial charge is 0.493 e. The predicted molar refractivity (Wildman–Crippen MR) is 158 cm³/mol. The van der Waals surface area contributed by atoms with Crippen molar-refractivity contribution >= 4 is 22.4 Å². The van der Waals surface area contributed by atoms with Gasteiger partial charge in [-0.1, -0.05) is 36.4 Å². The molecule has 5 rings (SSSR count). The third-order valence-corrected chi connectivity index (χ3v) is 6.65. The zero-order valence-corrected chi connectivity index (χ0v) is 24.1. The van der Waals surface area contributed by atoms with E-state index < -0.39 is 5.91 Å². The molecule has 1 heterocycles. The van der Waals surface area contributed by atoms with Crippen molar-refractivity contribution in [3.05, 3.63) is 72.6 Å². The second-order valence-electron chi connectivity index (χ2n) is 8.95. The molecule has 0 bridgehead atoms. The van der Waals surface area contributed by atoms with Crippen LogP contribution in [0.25, 0.3) is 27.8 Å². The molecule has 1 N–H and O–H groups in total. The maximum atomic E-state index is 13.6. The standard InChI is InChI=1S/C31H30N4O7/c1-37-23-14-19(15-24(38-2)27(23)41-5)30-33-29(34-35(30)22-13-9-11-18-10-7-8-12-21(18)22)31(36)32-20-16-25(39-3)28(42-6)26(17-20)40-4/h7-17H,1-6H3,(H,32,36). The summed E-state index contributed by atoms with van der Waals surface area (Å²) in [6, 6.07) is 20.5. The highest BCUT2D eigenvalue weighted by Crippen LogP contribution is 2.42. The molecule has 11 nitrogen and oxygen atoms in total. The van der Waals surface area contributed by atoms with Gasteiger partial charge >= 0.3 is 0 Å². The molecule has 42 heavy (non-hydrogen) atoms. The van der Waals surface area contributed by atoms with Gasteiger partial charge in [0.15, 0.2) is 28.8 Å². The minimum absolute atomic E-state index is 0.0690. The summed E-state index contributed by atoms with van der Waals surface area (Å²) in [6.07, 6.45) is 0. The number of carbonyl (C=O) groups is 1. The lowest BCUT2D eigenvalue weighted by Gasteiger charge is -2.15. The third-order valence-electron chi connectivity index (χ3n) is 6.65. The Kier molecular flexibility index (Phi) is 8.00. The number of rotatable bonds is 10. The molecule has 1 amide bonds. The normalized spacial score (nSPS) is 10.7. The van der Waals surface area contributed by atoms with Crippen LogP contribution in [0.3, 0.4) is 0 Å². The molecule has 0 aliphatic carbocycles. The van der Waals surface area contributed by atoms with Crippen molar-refractivity contribution in [2.45, 2.75) is 0 Å². The zero-order valence-electron chi connectivity index (χ0n) is 24.1. The monoisotopic (exact) mass is 570 g/mol. The first-order valence-corrected chi connectivity index (χ1v) is 12.8. The molecule has 216 valence electrons. The van der Waals surface area contributed by atoms with E-state index in [2.05, 4.69) is 15.4 Å². The van der Waals surface area contributed by atoms with Gasteiger partial charge < -0.3 is 33.7 Å². The molecule has 0 unspecified atom stereocenters. The van der Waals surface area contributed by atoms with Gasteiger partial charge in [0.25, 0.3) is 5.91 Å². The van der Waals surface area contributed by atoms with Crippen LogP contribution < -0.4 is 33.7 Å². The lowest BCUT2D eigenvalue weighted by Crippen LogP contribution is -2.14. The summed E-state index contributed by atoms with van der Waals surface area (Å²) in [5.74, 6) is 2.25. The second kappa shape index (κ2) is 12.0. The third kappa shape index (κ3) is 5.07. The molecule has 4 aromatic carbocycles. The van der Waals surface area contributed by atoms with Gasteiger partial charge in [0, 0.05) is 28.8 Å². The van der Waals surface area contributed by atoms with Crippen LogP contribution in [0.4, 0.5) is 5.69 Å². The average molecular weight is 571 g/mol. The fraction of sp³-hybridized carbons (Fsp3) is 0.194. The highest BCUT2D eigenvalue weighted by Gasteiger charge is 2.24. The van der Waals surface area contributed by atoms with E-state index in [1.165, 1.54) is 42.7 Å². The molecule has 1 aromatic heterocycles. The summed E-state index contributed by atoms with van der Waals surface area (Å²) in [6.45, 7) is 0. The average Bonchev–Trinajstić information content (AvgIpc) is 3.48. The van der Waals surface area contributed by atoms with Crippen LogP contribution in [-0.2, 0) is 0 Å². The number of aromatic nitrogens is 3. The molecule has 0 radical (unpaired) electrons. The summed E-state index contributed by atoms with van der Waals surface area (Å²) in [7, 11) is 9.11. The van der Waals surface area contributed by atoms with Crippen LogP contribution in [-0.4, -0.2) is 63.3 Å². The molecule has 0 aliphatic heterocycles. The maximum absolute atomic E-state index is 13.6. The SMILES string of the molecule is COc1cc(NC(=O)c2nc(-c3cc(OC)c(OC)c(OC)c3)n(-c3cccc4ccccc34)n2)cc(OC)c1OC. The van der Waals surface area contributed by atoms with Gasteiger partial charge in [-0.05, 0) is 23.6 Å². The van der Waals surface area contributed by atoms with Crippen molar-refractivity contribution in [2.24, 2.45) is 0 Å². The van der Waals surface area contributed by atoms with Crippen molar-refractivity contribution in [2.75, 3.05) is 48.0 Å². The number of ether oxygens (including phenoxy) is 6. The summed E-state index contributed by atoms with van der Waals surface area (Å²) in [5, 5.41) is 9.44. The minimum Gasteiger partial charge on any atom is -0.493 e. The molecular formula is C31H30N4O7. The van der Waals surface area contributed by atoms with Crippen molar-refractivity contribution < 1.29 is 33.2 Å². The Bertz CT molecular complexity index is 1710. The summed E-state index contributed by atoms with van der Waals surface area (Å²) >= 11 is 0. The van der Waals surface area contributed by atoms with E-state index >= 15 is 0 Å². The molecule has 0 atom stereocenters. The molecule has 0 fully saturated rings. The van der Waals surface area contributed by atoms with E-state index in [9.17, 15) is 4.79 Å². The Morgan fingerprint density at radius 3 is 1.81 bits per heavy atom. The van der Waals surface area contributed by atoms with E-state index in [-0.39, 0.29) is 5.82 Å². The van der Waals surface area contributed by atoms with Crippen LogP contribution in [0.5, 0.6) is 34.5 Å². The van der Waals surface area contributed by atoms with Gasteiger partial charge in [0.2, 0.25) is 17.3 Å². The summed E-state index contributed by atoms with van der Waals surface area (Å²) in [5.41, 5.74) is 1.73. The minimum atomic E-state index is -0.544. The first-order chi connectivity index (χ1) is 20.5. The van der Waals surface area contributed by atoms with Crippen molar-refractivity contribution in [3.63, 3.8) is 0 Å². The molecule has 0 aliphatic rings. The number of nitrogens with one attached hydrogen (secondary N) is 1. The first kappa shape index (κ1) is 28.1. The van der Waals surface area contributed by atoms with Crippen LogP contribution in [0, 0.1) is 0 Å². The molecule has 11 heteroatoms. The van der Waals surface area contributed by atoms with Crippen molar-refractivity contribution in [1.82, 2.24) is 14.8 Å². The van der Waals surface area contributed by atoms with E-state index in [1.54, 1.807) is 28.9 Å². The molecule has 0 saturated carbocycles. The Morgan fingerprint density at radius 2 is 1.24 bits per heavy atom. The Hall–Kier alpha value is -5.45. The first-order valence-electron chi connectivity index (χ1n) is 12.8. The number of methoxy groups -OCH3 is 6. The Morgan fingerprint density at radius 1 is 0.690 bits per heavy atom. The molecular weight excluding hydrogens is 540 g/mol. The molecule has 5 aromatic rings. The number of hydrogen-bond donors (Lipinski definition) is 1. The van der Waals surface area contributed by atoms with Gasteiger partial charge in [0.1, 0.15) is 0 Å². The van der Waals surface area contributed by atoms with Crippen LogP contribution in [0.15, 0.2) is 66.7 Å². The smallest absolute Gasteiger partial charge is 0.295 e. The zero-order chi connectivity index (χ0) is 29.8. The van der Waals surface area contributed by atoms with Crippen molar-refractivity contribution in [1.29, 1.82) is 0 Å². The van der Waals surface area contributed by atoms with Gasteiger partial charge in [-0.3, -0.25) is 4.79 Å². The molecule has 0 spiro atoms. The fourth-order valence-corrected chi connectivity index (χ4v) is 4.71. The number of benzene rings is 4. The number of amides is 1. The van der Waals surface area contributed by atoms with Gasteiger partial charge in [0.05, 0.1) is 48.3 Å². The summed E-state index contributed by atoms with van der Waals surface area (Å²) < 4.78 is 34.5. The van der Waals surface area contributed by atoms with E-state index in [4.69, 9.17) is 28.4 Å². The lowest BCUT2D eigenvalue weighted by molar-refractivity contribution is 0.101. The number of hydrogen-bond acceptors (Lipinski definition) is 9. The Balaban J connectivity index is 1.67. The lowest BCUT2D eigenvalue weighted by atomic mass is 10.1. The van der Waals surface area contributed by atoms with Crippen LogP contribution in [0.1, 0.15) is 10.6 Å².